The Kier molecular flexibility index (Phi) is 5.92. The standard InChI is InChI=1S/C13H19FN4O2/c1-3-16-13(19)8(2)17-7-9-5-4-6-10(11(9)14)12(15)18-20/h4-6,8,17,20H,3,7H2,1-2H3,(H2,15,18)(H,16,19). The summed E-state index contributed by atoms with van der Waals surface area (Å²) in [6, 6.07) is 4.15. The van der Waals surface area contributed by atoms with E-state index in [0.29, 0.717) is 12.1 Å². The third kappa shape index (κ3) is 3.92. The lowest BCUT2D eigenvalue weighted by molar-refractivity contribution is -0.122. The van der Waals surface area contributed by atoms with E-state index >= 15 is 0 Å². The van der Waals surface area contributed by atoms with E-state index in [1.165, 1.54) is 6.07 Å². The molecule has 0 fully saturated rings. The van der Waals surface area contributed by atoms with Crippen molar-refractivity contribution in [2.24, 2.45) is 10.9 Å². The van der Waals surface area contributed by atoms with Crippen LogP contribution in [-0.2, 0) is 11.3 Å². The van der Waals surface area contributed by atoms with Gasteiger partial charge in [0.1, 0.15) is 5.82 Å². The highest BCUT2D eigenvalue weighted by molar-refractivity contribution is 5.97. The van der Waals surface area contributed by atoms with Gasteiger partial charge >= 0.3 is 0 Å². The van der Waals surface area contributed by atoms with Gasteiger partial charge in [0.25, 0.3) is 0 Å². The molecule has 0 saturated carbocycles. The molecule has 6 nitrogen and oxygen atoms in total. The molecule has 110 valence electrons. The minimum absolute atomic E-state index is 0.0254. The molecule has 0 radical (unpaired) electrons. The first-order chi connectivity index (χ1) is 9.51. The molecule has 1 amide bonds. The Bertz CT molecular complexity index is 505. The molecule has 1 aromatic rings. The first-order valence-corrected chi connectivity index (χ1v) is 6.27. The zero-order chi connectivity index (χ0) is 15.1. The van der Waals surface area contributed by atoms with Crippen LogP contribution in [0.15, 0.2) is 23.4 Å². The van der Waals surface area contributed by atoms with Gasteiger partial charge < -0.3 is 21.6 Å². The predicted octanol–water partition coefficient (Wildman–Crippen LogP) is 0.534. The molecule has 1 atom stereocenters. The fraction of sp³-hybridized carbons (Fsp3) is 0.385. The number of likely N-dealkylation sites (N-methyl/N-ethyl adjacent to an activating group) is 1. The minimum Gasteiger partial charge on any atom is -0.409 e. The minimum atomic E-state index is -0.571. The smallest absolute Gasteiger partial charge is 0.236 e. The molecule has 1 unspecified atom stereocenters. The van der Waals surface area contributed by atoms with Gasteiger partial charge in [-0.2, -0.15) is 0 Å². The van der Waals surface area contributed by atoms with Gasteiger partial charge in [-0.1, -0.05) is 17.3 Å². The first kappa shape index (κ1) is 15.9. The van der Waals surface area contributed by atoms with Gasteiger partial charge in [0.2, 0.25) is 5.91 Å². The normalized spacial score (nSPS) is 13.1. The third-order valence-corrected chi connectivity index (χ3v) is 2.81. The van der Waals surface area contributed by atoms with Crippen molar-refractivity contribution in [2.45, 2.75) is 26.4 Å². The second-order valence-corrected chi connectivity index (χ2v) is 4.26. The lowest BCUT2D eigenvalue weighted by atomic mass is 10.1. The van der Waals surface area contributed by atoms with E-state index in [-0.39, 0.29) is 23.9 Å². The van der Waals surface area contributed by atoms with Crippen molar-refractivity contribution in [3.05, 3.63) is 35.1 Å². The summed E-state index contributed by atoms with van der Waals surface area (Å²) < 4.78 is 14.1. The summed E-state index contributed by atoms with van der Waals surface area (Å²) in [6.45, 7) is 4.22. The van der Waals surface area contributed by atoms with Crippen LogP contribution in [0.3, 0.4) is 0 Å². The molecule has 0 bridgehead atoms. The van der Waals surface area contributed by atoms with E-state index < -0.39 is 11.9 Å². The SMILES string of the molecule is CCNC(=O)C(C)NCc1cccc(/C(N)=N/O)c1F. The van der Waals surface area contributed by atoms with E-state index in [4.69, 9.17) is 10.9 Å². The molecular formula is C13H19FN4O2. The molecule has 0 heterocycles. The third-order valence-electron chi connectivity index (χ3n) is 2.81. The van der Waals surface area contributed by atoms with Crippen LogP contribution < -0.4 is 16.4 Å². The summed E-state index contributed by atoms with van der Waals surface area (Å²) >= 11 is 0. The lowest BCUT2D eigenvalue weighted by Gasteiger charge is -2.14. The van der Waals surface area contributed by atoms with Gasteiger partial charge in [-0.25, -0.2) is 4.39 Å². The molecule has 0 aromatic heterocycles. The van der Waals surface area contributed by atoms with Gasteiger partial charge in [-0.15, -0.1) is 0 Å². The van der Waals surface area contributed by atoms with Gasteiger partial charge in [0.15, 0.2) is 5.84 Å². The van der Waals surface area contributed by atoms with Crippen LogP contribution in [0, 0.1) is 5.82 Å². The molecule has 0 spiro atoms. The maximum Gasteiger partial charge on any atom is 0.236 e. The highest BCUT2D eigenvalue weighted by atomic mass is 19.1. The lowest BCUT2D eigenvalue weighted by Crippen LogP contribution is -2.41. The fourth-order valence-electron chi connectivity index (χ4n) is 1.65. The van der Waals surface area contributed by atoms with Gasteiger partial charge in [0, 0.05) is 18.7 Å². The number of amidine groups is 1. The van der Waals surface area contributed by atoms with Crippen molar-refractivity contribution < 1.29 is 14.4 Å². The number of hydrogen-bond donors (Lipinski definition) is 4. The van der Waals surface area contributed by atoms with Crippen LogP contribution in [0.1, 0.15) is 25.0 Å². The molecule has 0 aliphatic rings. The maximum atomic E-state index is 14.1. The number of hydrogen-bond acceptors (Lipinski definition) is 4. The molecule has 0 aliphatic heterocycles. The molecular weight excluding hydrogens is 263 g/mol. The van der Waals surface area contributed by atoms with E-state index in [1.807, 2.05) is 6.92 Å². The topological polar surface area (TPSA) is 99.7 Å². The molecule has 20 heavy (non-hydrogen) atoms. The zero-order valence-corrected chi connectivity index (χ0v) is 11.5. The highest BCUT2D eigenvalue weighted by Gasteiger charge is 2.14. The number of halogens is 1. The van der Waals surface area contributed by atoms with Crippen LogP contribution in [0.2, 0.25) is 0 Å². The van der Waals surface area contributed by atoms with Gasteiger partial charge in [0.05, 0.1) is 11.6 Å². The summed E-state index contributed by atoms with van der Waals surface area (Å²) in [6.07, 6.45) is 0. The Morgan fingerprint density at radius 2 is 2.25 bits per heavy atom. The number of amides is 1. The van der Waals surface area contributed by atoms with Crippen molar-refractivity contribution in [3.63, 3.8) is 0 Å². The van der Waals surface area contributed by atoms with Crippen LogP contribution in [-0.4, -0.2) is 29.5 Å². The Hall–Kier alpha value is -2.15. The number of nitrogens with one attached hydrogen (secondary N) is 2. The van der Waals surface area contributed by atoms with Gasteiger partial charge in [-0.3, -0.25) is 4.79 Å². The van der Waals surface area contributed by atoms with Crippen LogP contribution in [0.4, 0.5) is 4.39 Å². The molecule has 7 heteroatoms. The van der Waals surface area contributed by atoms with Crippen LogP contribution in [0.5, 0.6) is 0 Å². The van der Waals surface area contributed by atoms with Gasteiger partial charge in [-0.05, 0) is 19.9 Å². The number of benzene rings is 1. The van der Waals surface area contributed by atoms with E-state index in [2.05, 4.69) is 15.8 Å². The molecule has 0 saturated heterocycles. The highest BCUT2D eigenvalue weighted by Crippen LogP contribution is 2.13. The Balaban J connectivity index is 2.77. The second kappa shape index (κ2) is 7.44. The van der Waals surface area contributed by atoms with E-state index in [1.54, 1.807) is 19.1 Å². The summed E-state index contributed by atoms with van der Waals surface area (Å²) in [7, 11) is 0. The summed E-state index contributed by atoms with van der Waals surface area (Å²) in [4.78, 5) is 11.5. The largest absolute Gasteiger partial charge is 0.409 e. The summed E-state index contributed by atoms with van der Waals surface area (Å²) in [5.74, 6) is -1.01. The van der Waals surface area contributed by atoms with E-state index in [0.717, 1.165) is 0 Å². The predicted molar refractivity (Wildman–Crippen MR) is 73.9 cm³/mol. The number of nitrogens with two attached hydrogens (primary N) is 1. The van der Waals surface area contributed by atoms with Crippen molar-refractivity contribution in [3.8, 4) is 0 Å². The number of rotatable bonds is 6. The van der Waals surface area contributed by atoms with Crippen LogP contribution >= 0.6 is 0 Å². The maximum absolute atomic E-state index is 14.1. The molecule has 1 rings (SSSR count). The zero-order valence-electron chi connectivity index (χ0n) is 11.5. The van der Waals surface area contributed by atoms with E-state index in [9.17, 15) is 9.18 Å². The summed E-state index contributed by atoms with van der Waals surface area (Å²) in [5.41, 5.74) is 5.75. The Morgan fingerprint density at radius 3 is 2.85 bits per heavy atom. The number of nitrogens with zero attached hydrogens (tertiary/aromatic N) is 1. The number of oxime groups is 1. The summed E-state index contributed by atoms with van der Waals surface area (Å²) in [5, 5.41) is 16.9. The average Bonchev–Trinajstić information content (AvgIpc) is 2.45. The number of carbonyl (C=O) groups excluding carboxylic acids is 1. The average molecular weight is 282 g/mol. The first-order valence-electron chi connectivity index (χ1n) is 6.27. The van der Waals surface area contributed by atoms with Crippen molar-refractivity contribution in [1.29, 1.82) is 0 Å². The Labute approximate surface area is 116 Å². The molecule has 1 aromatic carbocycles. The molecule has 5 N–H and O–H groups in total. The van der Waals surface area contributed by atoms with Crippen molar-refractivity contribution in [2.75, 3.05) is 6.54 Å². The quantitative estimate of drug-likeness (QED) is 0.265. The number of carbonyl (C=O) groups is 1. The van der Waals surface area contributed by atoms with Crippen molar-refractivity contribution in [1.82, 2.24) is 10.6 Å². The second-order valence-electron chi connectivity index (χ2n) is 4.26. The van der Waals surface area contributed by atoms with Crippen molar-refractivity contribution >= 4 is 11.7 Å². The monoisotopic (exact) mass is 282 g/mol. The molecule has 0 aliphatic carbocycles. The van der Waals surface area contributed by atoms with Crippen LogP contribution in [0.25, 0.3) is 0 Å². The fourth-order valence-corrected chi connectivity index (χ4v) is 1.65. The Morgan fingerprint density at radius 1 is 1.55 bits per heavy atom.